The highest BCUT2D eigenvalue weighted by Gasteiger charge is 2.35. The second-order valence-electron chi connectivity index (χ2n) is 4.88. The molecule has 96 valence electrons. The quantitative estimate of drug-likeness (QED) is 0.409. The van der Waals surface area contributed by atoms with Crippen LogP contribution in [0.5, 0.6) is 0 Å². The molecule has 0 saturated heterocycles. The number of aromatic nitrogens is 4. The third-order valence-electron chi connectivity index (χ3n) is 3.82. The van der Waals surface area contributed by atoms with Gasteiger partial charge in [-0.05, 0) is 18.2 Å². The Balaban J connectivity index is 2.01. The Bertz CT molecular complexity index is 1090. The maximum atomic E-state index is 8.01. The lowest BCUT2D eigenvalue weighted by atomic mass is 10.2. The maximum Gasteiger partial charge on any atom is 0.291 e. The number of fused-ring (bicyclic) bond motifs is 7. The zero-order valence-electron chi connectivity index (χ0n) is 13.4. The highest BCUT2D eigenvalue weighted by molar-refractivity contribution is 7.25. The molecule has 5 heteroatoms. The maximum absolute atomic E-state index is 8.01. The Hall–Kier alpha value is -2.27. The molecule has 0 saturated carbocycles. The van der Waals surface area contributed by atoms with Gasteiger partial charge in [-0.15, -0.1) is 0 Å². The van der Waals surface area contributed by atoms with E-state index in [-0.39, 0.29) is 0 Å². The molecule has 4 nitrogen and oxygen atoms in total. The molecule has 0 bridgehead atoms. The van der Waals surface area contributed by atoms with Gasteiger partial charge in [-0.1, -0.05) is 11.3 Å². The van der Waals surface area contributed by atoms with Gasteiger partial charge in [-0.25, -0.2) is 9.13 Å². The van der Waals surface area contributed by atoms with E-state index in [4.69, 9.17) is 4.11 Å². The molecule has 0 unspecified atom stereocenters. The van der Waals surface area contributed by atoms with Crippen molar-refractivity contribution in [1.29, 1.82) is 0 Å². The number of pyridine rings is 2. The molecular formula is C15H11N4S+. The molecule has 1 aliphatic heterocycles. The number of nitrogens with zero attached hydrogens (tertiary/aromatic N) is 4. The van der Waals surface area contributed by atoms with Crippen molar-refractivity contribution in [1.82, 2.24) is 14.5 Å². The van der Waals surface area contributed by atoms with Crippen LogP contribution in [0.1, 0.15) is 9.68 Å². The summed E-state index contributed by atoms with van der Waals surface area (Å²) in [5.74, 6) is 0.719. The Kier molecular flexibility index (Phi) is 1.39. The first-order chi connectivity index (χ1) is 11.1. The topological polar surface area (TPSA) is 34.6 Å². The van der Waals surface area contributed by atoms with Crippen LogP contribution in [0.3, 0.4) is 0 Å². The predicted octanol–water partition coefficient (Wildman–Crippen LogP) is 2.50. The lowest BCUT2D eigenvalue weighted by Crippen LogP contribution is -2.28. The van der Waals surface area contributed by atoms with Crippen molar-refractivity contribution in [3.05, 3.63) is 42.4 Å². The Morgan fingerprint density at radius 3 is 3.35 bits per heavy atom. The molecule has 0 radical (unpaired) electrons. The molecule has 0 N–H and O–H groups in total. The molecule has 4 aromatic heterocycles. The molecule has 0 amide bonds. The zero-order valence-corrected chi connectivity index (χ0v) is 11.2. The van der Waals surface area contributed by atoms with Crippen molar-refractivity contribution in [2.45, 2.75) is 6.54 Å². The van der Waals surface area contributed by atoms with Gasteiger partial charge in [0, 0.05) is 24.2 Å². The van der Waals surface area contributed by atoms with Crippen LogP contribution in [0.15, 0.2) is 36.8 Å². The predicted molar refractivity (Wildman–Crippen MR) is 78.6 cm³/mol. The van der Waals surface area contributed by atoms with Crippen molar-refractivity contribution in [2.24, 2.45) is 6.98 Å². The van der Waals surface area contributed by atoms with Crippen LogP contribution in [-0.2, 0) is 13.5 Å². The van der Waals surface area contributed by atoms with Crippen LogP contribution >= 0.6 is 11.3 Å². The van der Waals surface area contributed by atoms with Crippen molar-refractivity contribution in [2.75, 3.05) is 0 Å². The molecule has 0 spiro atoms. The highest BCUT2D eigenvalue weighted by Crippen LogP contribution is 2.38. The fourth-order valence-electron chi connectivity index (χ4n) is 2.98. The summed E-state index contributed by atoms with van der Waals surface area (Å²) < 4.78 is 28.6. The van der Waals surface area contributed by atoms with Gasteiger partial charge >= 0.3 is 0 Å². The number of imidazole rings is 1. The third-order valence-corrected chi connectivity index (χ3v) is 4.94. The minimum Gasteiger partial charge on any atom is -0.264 e. The fraction of sp³-hybridized carbons (Fsp3) is 0.133. The molecule has 0 fully saturated rings. The Labute approximate surface area is 123 Å². The van der Waals surface area contributed by atoms with E-state index in [9.17, 15) is 0 Å². The third kappa shape index (κ3) is 1.10. The molecule has 5 heterocycles. The van der Waals surface area contributed by atoms with Crippen LogP contribution < -0.4 is 4.57 Å². The summed E-state index contributed by atoms with van der Waals surface area (Å²) in [4.78, 5) is 9.39. The van der Waals surface area contributed by atoms with E-state index in [0.717, 1.165) is 37.5 Å². The van der Waals surface area contributed by atoms with Crippen LogP contribution in [0.25, 0.3) is 32.0 Å². The van der Waals surface area contributed by atoms with Gasteiger partial charge in [0.1, 0.15) is 12.1 Å². The number of hydrogen-bond acceptors (Lipinski definition) is 3. The van der Waals surface area contributed by atoms with E-state index < -0.39 is 6.98 Å². The van der Waals surface area contributed by atoms with E-state index in [1.54, 1.807) is 18.6 Å². The standard InChI is InChI=1S/C15H11N4S/c1-18-14-10-4-6-16-7-9(10)8-19(14)13-12-11(20-15(13)18)3-2-5-17-12/h2-7H,8H2,1H3/q+1/i1D3. The summed E-state index contributed by atoms with van der Waals surface area (Å²) >= 11 is 1.48. The first-order valence-electron chi connectivity index (χ1n) is 7.81. The Morgan fingerprint density at radius 1 is 1.40 bits per heavy atom. The Morgan fingerprint density at radius 2 is 2.40 bits per heavy atom. The summed E-state index contributed by atoms with van der Waals surface area (Å²) in [6, 6.07) is 5.74. The molecule has 1 aliphatic rings. The van der Waals surface area contributed by atoms with E-state index in [2.05, 4.69) is 14.5 Å². The summed E-state index contributed by atoms with van der Waals surface area (Å²) in [7, 11) is 0. The van der Waals surface area contributed by atoms with Crippen molar-refractivity contribution in [3.8, 4) is 11.4 Å². The largest absolute Gasteiger partial charge is 0.291 e. The van der Waals surface area contributed by atoms with Gasteiger partial charge in [0.05, 0.1) is 21.4 Å². The molecule has 0 aliphatic carbocycles. The monoisotopic (exact) mass is 282 g/mol. The van der Waals surface area contributed by atoms with Gasteiger partial charge in [0.25, 0.3) is 5.82 Å². The molecular weight excluding hydrogens is 268 g/mol. The summed E-state index contributed by atoms with van der Waals surface area (Å²) in [6.07, 6.45) is 5.26. The summed E-state index contributed by atoms with van der Waals surface area (Å²) in [5, 5.41) is 0. The first-order valence-corrected chi connectivity index (χ1v) is 7.13. The van der Waals surface area contributed by atoms with Gasteiger partial charge in [-0.3, -0.25) is 9.97 Å². The fourth-order valence-corrected chi connectivity index (χ4v) is 4.07. The summed E-state index contributed by atoms with van der Waals surface area (Å²) in [5.41, 5.74) is 3.73. The van der Waals surface area contributed by atoms with Crippen LogP contribution in [0, 0.1) is 0 Å². The summed E-state index contributed by atoms with van der Waals surface area (Å²) in [6.45, 7) is -1.62. The average molecular weight is 282 g/mol. The number of aryl methyl sites for hydroxylation is 1. The lowest BCUT2D eigenvalue weighted by Gasteiger charge is -1.93. The van der Waals surface area contributed by atoms with Crippen LogP contribution in [0.2, 0.25) is 0 Å². The molecule has 5 rings (SSSR count). The molecule has 0 aromatic carbocycles. The smallest absolute Gasteiger partial charge is 0.264 e. The number of thiophene rings is 1. The van der Waals surface area contributed by atoms with Gasteiger partial charge in [0.15, 0.2) is 0 Å². The molecule has 20 heavy (non-hydrogen) atoms. The van der Waals surface area contributed by atoms with E-state index in [1.807, 2.05) is 18.2 Å². The highest BCUT2D eigenvalue weighted by atomic mass is 32.1. The van der Waals surface area contributed by atoms with Gasteiger partial charge in [0.2, 0.25) is 10.3 Å². The van der Waals surface area contributed by atoms with E-state index in [1.165, 1.54) is 15.9 Å². The van der Waals surface area contributed by atoms with Crippen molar-refractivity contribution in [3.63, 3.8) is 0 Å². The lowest BCUT2D eigenvalue weighted by molar-refractivity contribution is -0.631. The van der Waals surface area contributed by atoms with Gasteiger partial charge in [-0.2, -0.15) is 0 Å². The van der Waals surface area contributed by atoms with E-state index in [0.29, 0.717) is 6.54 Å². The minimum absolute atomic E-state index is 0.625. The zero-order chi connectivity index (χ0) is 15.8. The SMILES string of the molecule is [2H]C([2H])([2H])[n+]1c2n(c3c4ncccc4sc31)Cc1cnccc1-2. The minimum atomic E-state index is -2.25. The van der Waals surface area contributed by atoms with Crippen molar-refractivity contribution < 1.29 is 8.68 Å². The second kappa shape index (κ2) is 3.43. The first kappa shape index (κ1) is 8.11. The molecule has 4 aromatic rings. The van der Waals surface area contributed by atoms with Crippen molar-refractivity contribution >= 4 is 31.9 Å². The van der Waals surface area contributed by atoms with Crippen LogP contribution in [0.4, 0.5) is 0 Å². The van der Waals surface area contributed by atoms with E-state index >= 15 is 0 Å². The van der Waals surface area contributed by atoms with Crippen LogP contribution in [-0.4, -0.2) is 14.5 Å². The molecule has 0 atom stereocenters. The van der Waals surface area contributed by atoms with Gasteiger partial charge < -0.3 is 0 Å². The number of hydrogen-bond donors (Lipinski definition) is 0. The number of rotatable bonds is 0. The second-order valence-corrected chi connectivity index (χ2v) is 5.91. The normalized spacial score (nSPS) is 15.9. The average Bonchev–Trinajstić information content (AvgIpc) is 3.12.